The van der Waals surface area contributed by atoms with Crippen LogP contribution in [-0.2, 0) is 4.79 Å². The molecule has 7 heteroatoms. The summed E-state index contributed by atoms with van der Waals surface area (Å²) in [6, 6.07) is 10.1. The van der Waals surface area contributed by atoms with Crippen LogP contribution < -0.4 is 19.9 Å². The molecule has 0 unspecified atom stereocenters. The van der Waals surface area contributed by atoms with Crippen molar-refractivity contribution in [2.75, 3.05) is 19.0 Å². The lowest BCUT2D eigenvalue weighted by Gasteiger charge is -2.13. The van der Waals surface area contributed by atoms with Crippen LogP contribution in [0, 0.1) is 0 Å². The number of rotatable bonds is 6. The van der Waals surface area contributed by atoms with Crippen LogP contribution in [0.2, 0.25) is 0 Å². The largest absolute Gasteiger partial charge is 0.872 e. The molecule has 2 N–H and O–H groups in total. The number of carbonyl (C=O) groups excluding carboxylic acids is 1. The molecule has 0 fully saturated rings. The number of amides is 1. The third kappa shape index (κ3) is 4.37. The molecule has 0 aliphatic heterocycles. The summed E-state index contributed by atoms with van der Waals surface area (Å²) in [7, 11) is 1.51. The molecule has 0 atom stereocenters. The van der Waals surface area contributed by atoms with Crippen LogP contribution in [0.4, 0.5) is 5.69 Å². The Morgan fingerprint density at radius 3 is 2.61 bits per heavy atom. The number of nitrogens with one attached hydrogen (secondary N) is 1. The summed E-state index contributed by atoms with van der Waals surface area (Å²) in [5, 5.41) is 22.6. The first kappa shape index (κ1) is 16.2. The molecule has 1 amide bonds. The molecule has 0 aromatic heterocycles. The third-order valence-electron chi connectivity index (χ3n) is 2.91. The average molecular weight is 316 g/mol. The van der Waals surface area contributed by atoms with E-state index in [4.69, 9.17) is 14.6 Å². The zero-order valence-electron chi connectivity index (χ0n) is 12.2. The molecule has 0 spiro atoms. The molecule has 2 rings (SSSR count). The van der Waals surface area contributed by atoms with Crippen LogP contribution in [0.15, 0.2) is 42.5 Å². The lowest BCUT2D eigenvalue weighted by atomic mass is 10.1. The molecule has 0 aliphatic rings. The van der Waals surface area contributed by atoms with Crippen molar-refractivity contribution in [3.8, 4) is 17.2 Å². The molecule has 2 aromatic rings. The maximum absolute atomic E-state index is 11.9. The molecular formula is C16H14NO6-. The van der Waals surface area contributed by atoms with E-state index < -0.39 is 17.6 Å². The lowest BCUT2D eigenvalue weighted by Crippen LogP contribution is -2.21. The number of hydrogen-bond acceptors (Lipinski definition) is 5. The fraction of sp³-hybridized carbons (Fsp3) is 0.125. The van der Waals surface area contributed by atoms with Crippen molar-refractivity contribution in [1.82, 2.24) is 0 Å². The first-order valence-corrected chi connectivity index (χ1v) is 6.60. The smallest absolute Gasteiger partial charge is 0.337 e. The van der Waals surface area contributed by atoms with Gasteiger partial charge in [-0.05, 0) is 18.2 Å². The number of methoxy groups -OCH3 is 1. The summed E-state index contributed by atoms with van der Waals surface area (Å²) in [6.07, 6.45) is 0. The van der Waals surface area contributed by atoms with Gasteiger partial charge in [0.25, 0.3) is 5.91 Å². The van der Waals surface area contributed by atoms with Crippen molar-refractivity contribution in [2.45, 2.75) is 0 Å². The van der Waals surface area contributed by atoms with E-state index in [0.29, 0.717) is 11.5 Å². The van der Waals surface area contributed by atoms with E-state index in [2.05, 4.69) is 5.32 Å². The highest BCUT2D eigenvalue weighted by Gasteiger charge is 2.12. The number of hydrogen-bond donors (Lipinski definition) is 2. The number of carboxylic acids is 1. The fourth-order valence-electron chi connectivity index (χ4n) is 1.84. The Bertz CT molecular complexity index is 728. The summed E-state index contributed by atoms with van der Waals surface area (Å²) in [6.45, 7) is -0.314. The highest BCUT2D eigenvalue weighted by atomic mass is 16.5. The molecule has 0 aliphatic carbocycles. The van der Waals surface area contributed by atoms with Crippen molar-refractivity contribution < 1.29 is 29.3 Å². The van der Waals surface area contributed by atoms with Gasteiger partial charge in [0.05, 0.1) is 18.4 Å². The van der Waals surface area contributed by atoms with Crippen molar-refractivity contribution in [1.29, 1.82) is 0 Å². The molecule has 7 nitrogen and oxygen atoms in total. The molecule has 120 valence electrons. The van der Waals surface area contributed by atoms with E-state index in [-0.39, 0.29) is 17.9 Å². The standard InChI is InChI=1S/C16H15NO6/c1-22-11-3-2-4-12(8-11)23-9-15(19)17-14-6-5-10(18)7-13(14)16(20)21/h2-8,18H,9H2,1H3,(H,17,19)(H,20,21)/p-1. The van der Waals surface area contributed by atoms with E-state index in [1.807, 2.05) is 0 Å². The SMILES string of the molecule is COc1cccc(OCC(=O)Nc2ccc([O-])cc2C(=O)O)c1. The number of carbonyl (C=O) groups is 2. The molecule has 0 heterocycles. The summed E-state index contributed by atoms with van der Waals surface area (Å²) in [5.74, 6) is -1.27. The van der Waals surface area contributed by atoms with Gasteiger partial charge in [-0.25, -0.2) is 4.79 Å². The maximum atomic E-state index is 11.9. The Labute approximate surface area is 132 Å². The monoisotopic (exact) mass is 316 g/mol. The van der Waals surface area contributed by atoms with Crippen LogP contribution in [0.5, 0.6) is 17.2 Å². The van der Waals surface area contributed by atoms with E-state index in [1.165, 1.54) is 19.2 Å². The second-order valence-corrected chi connectivity index (χ2v) is 4.53. The van der Waals surface area contributed by atoms with Gasteiger partial charge in [-0.15, -0.1) is 5.75 Å². The van der Waals surface area contributed by atoms with Crippen LogP contribution >= 0.6 is 0 Å². The Morgan fingerprint density at radius 1 is 1.17 bits per heavy atom. The molecule has 23 heavy (non-hydrogen) atoms. The van der Waals surface area contributed by atoms with Gasteiger partial charge < -0.3 is 25.0 Å². The quantitative estimate of drug-likeness (QED) is 0.836. The van der Waals surface area contributed by atoms with Gasteiger partial charge in [0.1, 0.15) is 11.5 Å². The van der Waals surface area contributed by atoms with Crippen molar-refractivity contribution in [3.63, 3.8) is 0 Å². The Morgan fingerprint density at radius 2 is 1.91 bits per heavy atom. The second-order valence-electron chi connectivity index (χ2n) is 4.53. The molecule has 0 saturated carbocycles. The number of anilines is 1. The number of carboxylic acid groups (broad SMARTS) is 1. The van der Waals surface area contributed by atoms with E-state index in [0.717, 1.165) is 6.07 Å². The lowest BCUT2D eigenvalue weighted by molar-refractivity contribution is -0.268. The van der Waals surface area contributed by atoms with Gasteiger partial charge in [0.2, 0.25) is 0 Å². The normalized spacial score (nSPS) is 9.96. The Hall–Kier alpha value is -3.22. The molecule has 0 bridgehead atoms. The first-order chi connectivity index (χ1) is 11.0. The van der Waals surface area contributed by atoms with E-state index in [1.54, 1.807) is 24.3 Å². The third-order valence-corrected chi connectivity index (χ3v) is 2.91. The van der Waals surface area contributed by atoms with Gasteiger partial charge in [-0.1, -0.05) is 18.2 Å². The zero-order valence-corrected chi connectivity index (χ0v) is 12.2. The van der Waals surface area contributed by atoms with Crippen LogP contribution in [0.1, 0.15) is 10.4 Å². The summed E-state index contributed by atoms with van der Waals surface area (Å²) < 4.78 is 10.3. The van der Waals surface area contributed by atoms with Crippen molar-refractivity contribution in [3.05, 3.63) is 48.0 Å². The highest BCUT2D eigenvalue weighted by Crippen LogP contribution is 2.21. The molecule has 0 saturated heterocycles. The Balaban J connectivity index is 2.01. The number of aromatic carboxylic acids is 1. The van der Waals surface area contributed by atoms with Crippen LogP contribution in [0.3, 0.4) is 0 Å². The topological polar surface area (TPSA) is 108 Å². The van der Waals surface area contributed by atoms with E-state index in [9.17, 15) is 14.7 Å². The number of benzene rings is 2. The minimum absolute atomic E-state index is 0.0383. The summed E-state index contributed by atoms with van der Waals surface area (Å²) in [5.41, 5.74) is -0.233. The summed E-state index contributed by atoms with van der Waals surface area (Å²) >= 11 is 0. The van der Waals surface area contributed by atoms with Crippen LogP contribution in [-0.4, -0.2) is 30.7 Å². The van der Waals surface area contributed by atoms with Gasteiger partial charge in [0, 0.05) is 6.07 Å². The molecule has 0 radical (unpaired) electrons. The van der Waals surface area contributed by atoms with Crippen LogP contribution in [0.25, 0.3) is 0 Å². The average Bonchev–Trinajstić information content (AvgIpc) is 2.54. The van der Waals surface area contributed by atoms with E-state index >= 15 is 0 Å². The Kier molecular flexibility index (Phi) is 5.03. The van der Waals surface area contributed by atoms with Crippen molar-refractivity contribution in [2.24, 2.45) is 0 Å². The highest BCUT2D eigenvalue weighted by molar-refractivity contribution is 6.01. The molecular weight excluding hydrogens is 302 g/mol. The van der Waals surface area contributed by atoms with Gasteiger partial charge in [0.15, 0.2) is 6.61 Å². The minimum Gasteiger partial charge on any atom is -0.872 e. The summed E-state index contributed by atoms with van der Waals surface area (Å²) in [4.78, 5) is 22.9. The molecule has 2 aromatic carbocycles. The first-order valence-electron chi connectivity index (χ1n) is 6.60. The second kappa shape index (κ2) is 7.17. The van der Waals surface area contributed by atoms with Gasteiger partial charge >= 0.3 is 5.97 Å². The maximum Gasteiger partial charge on any atom is 0.337 e. The number of ether oxygens (including phenoxy) is 2. The minimum atomic E-state index is -1.30. The van der Waals surface area contributed by atoms with Gasteiger partial charge in [-0.3, -0.25) is 4.79 Å². The predicted octanol–water partition coefficient (Wildman–Crippen LogP) is 1.48. The predicted molar refractivity (Wildman–Crippen MR) is 80.0 cm³/mol. The zero-order chi connectivity index (χ0) is 16.8. The van der Waals surface area contributed by atoms with Gasteiger partial charge in [-0.2, -0.15) is 0 Å². The fourth-order valence-corrected chi connectivity index (χ4v) is 1.84. The van der Waals surface area contributed by atoms with Crippen molar-refractivity contribution >= 4 is 17.6 Å².